The van der Waals surface area contributed by atoms with Crippen LogP contribution < -0.4 is 5.32 Å². The smallest absolute Gasteiger partial charge is 0.217 e. The van der Waals surface area contributed by atoms with E-state index in [0.717, 1.165) is 6.92 Å². The second-order valence-electron chi connectivity index (χ2n) is 7.91. The Kier molecular flexibility index (Phi) is 8.08. The van der Waals surface area contributed by atoms with E-state index in [-0.39, 0.29) is 17.7 Å². The molecule has 0 radical (unpaired) electrons. The quantitative estimate of drug-likeness (QED) is 0.310. The van der Waals surface area contributed by atoms with Crippen molar-refractivity contribution in [3.05, 3.63) is 84.4 Å². The highest BCUT2D eigenvalue weighted by molar-refractivity contribution is 6.04. The Labute approximate surface area is 196 Å². The Morgan fingerprint density at radius 3 is 2.21 bits per heavy atom. The van der Waals surface area contributed by atoms with E-state index in [1.165, 1.54) is 30.3 Å². The number of hydrogen-bond acceptors (Lipinski definition) is 8. The van der Waals surface area contributed by atoms with E-state index in [9.17, 15) is 29.7 Å². The van der Waals surface area contributed by atoms with Gasteiger partial charge in [0, 0.05) is 18.1 Å². The Hall–Kier alpha value is -3.21. The lowest BCUT2D eigenvalue weighted by Gasteiger charge is -2.49. The monoisotopic (exact) mass is 469 g/mol. The molecule has 1 saturated heterocycles. The lowest BCUT2D eigenvalue weighted by Crippen LogP contribution is -2.76. The average molecular weight is 469 g/mol. The molecule has 180 valence electrons. The van der Waals surface area contributed by atoms with E-state index >= 15 is 0 Å². The van der Waals surface area contributed by atoms with Crippen molar-refractivity contribution in [3.8, 4) is 0 Å². The number of carbonyl (C=O) groups is 3. The molecule has 2 aromatic carbocycles. The summed E-state index contributed by atoms with van der Waals surface area (Å²) in [5.74, 6) is -2.37. The average Bonchev–Trinajstić information content (AvgIpc) is 2.86. The first kappa shape index (κ1) is 25.4. The SMILES string of the molecule is C=CCO[C@H]1O[C@H](C(O)C(=O)c2ccccc2)[C@H](O)[C@@](O)(C(=O)c2ccccc2)[C@@H]1NC(C)=O. The fourth-order valence-electron chi connectivity index (χ4n) is 3.91. The zero-order valence-corrected chi connectivity index (χ0v) is 18.5. The molecule has 1 unspecified atom stereocenters. The number of ketones is 2. The molecule has 1 heterocycles. The van der Waals surface area contributed by atoms with Gasteiger partial charge >= 0.3 is 0 Å². The summed E-state index contributed by atoms with van der Waals surface area (Å²) in [7, 11) is 0. The molecule has 1 amide bonds. The van der Waals surface area contributed by atoms with Crippen LogP contribution >= 0.6 is 0 Å². The van der Waals surface area contributed by atoms with Crippen LogP contribution in [-0.4, -0.2) is 75.6 Å². The Balaban J connectivity index is 2.07. The van der Waals surface area contributed by atoms with Gasteiger partial charge in [-0.15, -0.1) is 6.58 Å². The fourth-order valence-corrected chi connectivity index (χ4v) is 3.91. The zero-order valence-electron chi connectivity index (χ0n) is 18.5. The van der Waals surface area contributed by atoms with Gasteiger partial charge in [-0.2, -0.15) is 0 Å². The number of aliphatic hydroxyl groups excluding tert-OH is 2. The molecule has 34 heavy (non-hydrogen) atoms. The molecule has 0 bridgehead atoms. The highest BCUT2D eigenvalue weighted by atomic mass is 16.7. The van der Waals surface area contributed by atoms with Crippen molar-refractivity contribution < 1.29 is 39.2 Å². The predicted octanol–water partition coefficient (Wildman–Crippen LogP) is 0.637. The van der Waals surface area contributed by atoms with Gasteiger partial charge in [-0.3, -0.25) is 14.4 Å². The standard InChI is InChI=1S/C25H27NO8/c1-3-14-33-24-21(26-15(2)27)25(32,22(30)17-12-8-5-9-13-17)23(31)20(34-24)19(29)18(28)16-10-6-4-7-11-16/h3-13,19-21,23-24,29,31-32H,1,14H2,2H3,(H,26,27)/t19?,20-,21-,23+,24+,25+/m1/s1. The molecule has 2 aromatic rings. The van der Waals surface area contributed by atoms with Crippen LogP contribution in [0.3, 0.4) is 0 Å². The lowest BCUT2D eigenvalue weighted by molar-refractivity contribution is -0.290. The fraction of sp³-hybridized carbons (Fsp3) is 0.320. The second-order valence-corrected chi connectivity index (χ2v) is 7.91. The summed E-state index contributed by atoms with van der Waals surface area (Å²) in [6.45, 7) is 4.58. The van der Waals surface area contributed by atoms with Gasteiger partial charge in [-0.25, -0.2) is 0 Å². The van der Waals surface area contributed by atoms with Gasteiger partial charge in [0.25, 0.3) is 0 Å². The van der Waals surface area contributed by atoms with Gasteiger partial charge in [0.1, 0.15) is 24.4 Å². The molecule has 0 aliphatic carbocycles. The molecule has 6 atom stereocenters. The summed E-state index contributed by atoms with van der Waals surface area (Å²) >= 11 is 0. The molecule has 1 aliphatic rings. The van der Waals surface area contributed by atoms with Crippen molar-refractivity contribution in [1.82, 2.24) is 5.32 Å². The van der Waals surface area contributed by atoms with Crippen molar-refractivity contribution >= 4 is 17.5 Å². The van der Waals surface area contributed by atoms with E-state index < -0.39 is 53.7 Å². The van der Waals surface area contributed by atoms with Crippen molar-refractivity contribution in [2.24, 2.45) is 0 Å². The number of benzene rings is 2. The van der Waals surface area contributed by atoms with Crippen LogP contribution in [-0.2, 0) is 14.3 Å². The highest BCUT2D eigenvalue weighted by Gasteiger charge is 2.62. The molecule has 9 nitrogen and oxygen atoms in total. The normalized spacial score (nSPS) is 27.4. The third-order valence-electron chi connectivity index (χ3n) is 5.57. The molecule has 3 rings (SSSR count). The van der Waals surface area contributed by atoms with Crippen LogP contribution in [0.1, 0.15) is 27.6 Å². The maximum absolute atomic E-state index is 13.5. The molecule has 0 aromatic heterocycles. The lowest BCUT2D eigenvalue weighted by atomic mass is 9.75. The summed E-state index contributed by atoms with van der Waals surface area (Å²) < 4.78 is 11.2. The minimum atomic E-state index is -2.71. The second kappa shape index (κ2) is 10.8. The maximum Gasteiger partial charge on any atom is 0.217 e. The van der Waals surface area contributed by atoms with E-state index in [4.69, 9.17) is 9.47 Å². The Bertz CT molecular complexity index is 1030. The molecule has 0 spiro atoms. The topological polar surface area (TPSA) is 142 Å². The van der Waals surface area contributed by atoms with Gasteiger partial charge in [0.05, 0.1) is 6.61 Å². The Morgan fingerprint density at radius 1 is 1.12 bits per heavy atom. The van der Waals surface area contributed by atoms with Crippen LogP contribution in [0.25, 0.3) is 0 Å². The van der Waals surface area contributed by atoms with Gasteiger partial charge in [-0.1, -0.05) is 66.7 Å². The van der Waals surface area contributed by atoms with Crippen molar-refractivity contribution in [2.45, 2.75) is 43.2 Å². The van der Waals surface area contributed by atoms with Crippen LogP contribution in [0.5, 0.6) is 0 Å². The van der Waals surface area contributed by atoms with E-state index in [2.05, 4.69) is 11.9 Å². The van der Waals surface area contributed by atoms with E-state index in [0.29, 0.717) is 0 Å². The number of Topliss-reactive ketones (excluding diaryl/α,β-unsaturated/α-hetero) is 2. The van der Waals surface area contributed by atoms with Crippen LogP contribution in [0.15, 0.2) is 73.3 Å². The molecule has 1 aliphatic heterocycles. The number of aliphatic hydroxyl groups is 3. The summed E-state index contributed by atoms with van der Waals surface area (Å²) in [6.07, 6.45) is -5.96. The first-order valence-electron chi connectivity index (χ1n) is 10.6. The first-order chi connectivity index (χ1) is 16.2. The van der Waals surface area contributed by atoms with Crippen LogP contribution in [0, 0.1) is 0 Å². The molecular formula is C25H27NO8. The molecule has 4 N–H and O–H groups in total. The summed E-state index contributed by atoms with van der Waals surface area (Å²) in [5.41, 5.74) is -2.54. The van der Waals surface area contributed by atoms with Crippen molar-refractivity contribution in [1.29, 1.82) is 0 Å². The number of nitrogens with one attached hydrogen (secondary N) is 1. The largest absolute Gasteiger partial charge is 0.387 e. The maximum atomic E-state index is 13.5. The van der Waals surface area contributed by atoms with Crippen molar-refractivity contribution in [3.63, 3.8) is 0 Å². The molecule has 1 fully saturated rings. The molecule has 9 heteroatoms. The van der Waals surface area contributed by atoms with E-state index in [1.54, 1.807) is 36.4 Å². The van der Waals surface area contributed by atoms with Crippen molar-refractivity contribution in [2.75, 3.05) is 6.61 Å². The number of rotatable bonds is 9. The summed E-state index contributed by atoms with van der Waals surface area (Å²) in [6, 6.07) is 13.9. The van der Waals surface area contributed by atoms with E-state index in [1.807, 2.05) is 0 Å². The Morgan fingerprint density at radius 2 is 1.68 bits per heavy atom. The van der Waals surface area contributed by atoms with Gasteiger partial charge in [-0.05, 0) is 0 Å². The van der Waals surface area contributed by atoms with Gasteiger partial charge in [0.15, 0.2) is 23.5 Å². The molecule has 0 saturated carbocycles. The molecular weight excluding hydrogens is 442 g/mol. The summed E-state index contributed by atoms with van der Waals surface area (Å²) in [4.78, 5) is 38.3. The van der Waals surface area contributed by atoms with Crippen LogP contribution in [0.2, 0.25) is 0 Å². The summed E-state index contributed by atoms with van der Waals surface area (Å²) in [5, 5.41) is 36.1. The third kappa shape index (κ3) is 4.98. The number of ether oxygens (including phenoxy) is 2. The minimum Gasteiger partial charge on any atom is -0.387 e. The first-order valence-corrected chi connectivity index (χ1v) is 10.6. The zero-order chi connectivity index (χ0) is 24.9. The minimum absolute atomic E-state index is 0.0337. The number of amides is 1. The number of hydrogen-bond donors (Lipinski definition) is 4. The highest BCUT2D eigenvalue weighted by Crippen LogP contribution is 2.35. The van der Waals surface area contributed by atoms with Gasteiger partial charge in [0.2, 0.25) is 5.91 Å². The predicted molar refractivity (Wildman–Crippen MR) is 121 cm³/mol. The third-order valence-corrected chi connectivity index (χ3v) is 5.57. The number of carbonyl (C=O) groups excluding carboxylic acids is 3. The van der Waals surface area contributed by atoms with Crippen LogP contribution in [0.4, 0.5) is 0 Å². The van der Waals surface area contributed by atoms with Gasteiger partial charge < -0.3 is 30.1 Å².